The Morgan fingerprint density at radius 2 is 2.21 bits per heavy atom. The first kappa shape index (κ1) is 14.8. The van der Waals surface area contributed by atoms with Gasteiger partial charge in [-0.15, -0.1) is 0 Å². The van der Waals surface area contributed by atoms with E-state index < -0.39 is 5.54 Å². The third kappa shape index (κ3) is 3.11. The van der Waals surface area contributed by atoms with E-state index in [9.17, 15) is 4.79 Å². The van der Waals surface area contributed by atoms with Gasteiger partial charge in [-0.05, 0) is 43.9 Å². The summed E-state index contributed by atoms with van der Waals surface area (Å²) in [5.41, 5.74) is -0.507. The van der Waals surface area contributed by atoms with Crippen molar-refractivity contribution in [2.75, 3.05) is 20.3 Å². The number of methoxy groups -OCH3 is 1. The van der Waals surface area contributed by atoms with Gasteiger partial charge in [0.25, 0.3) is 0 Å². The zero-order valence-electron chi connectivity index (χ0n) is 12.4. The highest BCUT2D eigenvalue weighted by molar-refractivity contribution is 5.81. The summed E-state index contributed by atoms with van der Waals surface area (Å²) in [5.74, 6) is 0.896. The number of carbonyl (C=O) groups is 1. The summed E-state index contributed by atoms with van der Waals surface area (Å²) in [7, 11) is 1.49. The van der Waals surface area contributed by atoms with Crippen LogP contribution in [0, 0.1) is 11.8 Å². The molecule has 0 aromatic heterocycles. The van der Waals surface area contributed by atoms with Gasteiger partial charge in [-0.1, -0.05) is 13.8 Å². The van der Waals surface area contributed by atoms with Crippen LogP contribution in [0.3, 0.4) is 0 Å². The maximum absolute atomic E-state index is 12.3. The molecule has 0 bridgehead atoms. The second-order valence-electron chi connectivity index (χ2n) is 6.26. The Kier molecular flexibility index (Phi) is 4.85. The smallest absolute Gasteiger partial charge is 0.326 e. The molecule has 2 fully saturated rings. The predicted octanol–water partition coefficient (Wildman–Crippen LogP) is 2.12. The summed E-state index contributed by atoms with van der Waals surface area (Å²) in [4.78, 5) is 12.3. The first-order chi connectivity index (χ1) is 9.08. The Labute approximate surface area is 116 Å². The van der Waals surface area contributed by atoms with Gasteiger partial charge in [-0.2, -0.15) is 0 Å². The van der Waals surface area contributed by atoms with Gasteiger partial charge < -0.3 is 9.47 Å². The summed E-state index contributed by atoms with van der Waals surface area (Å²) < 4.78 is 10.7. The average Bonchev–Trinajstić information content (AvgIpc) is 2.90. The summed E-state index contributed by atoms with van der Waals surface area (Å²) in [6.07, 6.45) is 5.51. The van der Waals surface area contributed by atoms with Crippen molar-refractivity contribution in [3.63, 3.8) is 0 Å². The molecule has 1 saturated heterocycles. The third-order valence-corrected chi connectivity index (χ3v) is 4.85. The van der Waals surface area contributed by atoms with Crippen molar-refractivity contribution in [2.45, 2.75) is 57.6 Å². The molecule has 4 unspecified atom stereocenters. The lowest BCUT2D eigenvalue weighted by Crippen LogP contribution is -2.60. The highest BCUT2D eigenvalue weighted by Gasteiger charge is 2.47. The molecule has 1 saturated carbocycles. The first-order valence-electron chi connectivity index (χ1n) is 7.53. The highest BCUT2D eigenvalue weighted by atomic mass is 16.5. The van der Waals surface area contributed by atoms with Crippen molar-refractivity contribution in [3.05, 3.63) is 0 Å². The molecule has 19 heavy (non-hydrogen) atoms. The van der Waals surface area contributed by atoms with E-state index in [1.807, 2.05) is 0 Å². The molecule has 4 heteroatoms. The van der Waals surface area contributed by atoms with Crippen LogP contribution in [0.4, 0.5) is 0 Å². The Bertz CT molecular complexity index is 315. The molecule has 0 aromatic carbocycles. The van der Waals surface area contributed by atoms with Crippen molar-refractivity contribution >= 4 is 5.97 Å². The minimum atomic E-state index is -0.507. The normalized spacial score (nSPS) is 39.2. The number of hydrogen-bond acceptors (Lipinski definition) is 4. The molecule has 2 rings (SSSR count). The topological polar surface area (TPSA) is 47.6 Å². The first-order valence-corrected chi connectivity index (χ1v) is 7.53. The van der Waals surface area contributed by atoms with E-state index in [0.717, 1.165) is 45.3 Å². The van der Waals surface area contributed by atoms with Gasteiger partial charge in [-0.3, -0.25) is 10.1 Å². The van der Waals surface area contributed by atoms with E-state index in [1.165, 1.54) is 7.11 Å². The molecule has 0 aromatic rings. The zero-order chi connectivity index (χ0) is 13.9. The van der Waals surface area contributed by atoms with E-state index in [-0.39, 0.29) is 12.1 Å². The van der Waals surface area contributed by atoms with Crippen molar-refractivity contribution < 1.29 is 14.3 Å². The fourth-order valence-electron chi connectivity index (χ4n) is 3.56. The van der Waals surface area contributed by atoms with Crippen LogP contribution in [0.5, 0.6) is 0 Å². The van der Waals surface area contributed by atoms with Crippen LogP contribution in [0.2, 0.25) is 0 Å². The van der Waals surface area contributed by atoms with Gasteiger partial charge >= 0.3 is 5.97 Å². The SMILES string of the molecule is COC(=O)C1(NCC2CCCO2)CCC(C)CC1C. The van der Waals surface area contributed by atoms with Gasteiger partial charge in [0.2, 0.25) is 0 Å². The molecule has 0 amide bonds. The van der Waals surface area contributed by atoms with Crippen LogP contribution >= 0.6 is 0 Å². The minimum absolute atomic E-state index is 0.107. The van der Waals surface area contributed by atoms with E-state index in [4.69, 9.17) is 9.47 Å². The van der Waals surface area contributed by atoms with E-state index in [0.29, 0.717) is 11.8 Å². The standard InChI is InChI=1S/C15H27NO3/c1-11-6-7-15(12(2)9-11,14(17)18-3)16-10-13-5-4-8-19-13/h11-13,16H,4-10H2,1-3H3. The van der Waals surface area contributed by atoms with Gasteiger partial charge in [-0.25, -0.2) is 0 Å². The second kappa shape index (κ2) is 6.23. The van der Waals surface area contributed by atoms with Crippen molar-refractivity contribution in [1.82, 2.24) is 5.32 Å². The van der Waals surface area contributed by atoms with Gasteiger partial charge in [0, 0.05) is 13.2 Å². The zero-order valence-corrected chi connectivity index (χ0v) is 12.4. The largest absolute Gasteiger partial charge is 0.468 e. The maximum atomic E-state index is 12.3. The average molecular weight is 269 g/mol. The molecule has 1 aliphatic carbocycles. The molecule has 0 radical (unpaired) electrons. The quantitative estimate of drug-likeness (QED) is 0.794. The molecule has 1 N–H and O–H groups in total. The fourth-order valence-corrected chi connectivity index (χ4v) is 3.56. The monoisotopic (exact) mass is 269 g/mol. The molecule has 1 aliphatic heterocycles. The van der Waals surface area contributed by atoms with Gasteiger partial charge in [0.15, 0.2) is 0 Å². The van der Waals surface area contributed by atoms with E-state index in [1.54, 1.807) is 0 Å². The van der Waals surface area contributed by atoms with Crippen LogP contribution in [0.25, 0.3) is 0 Å². The summed E-state index contributed by atoms with van der Waals surface area (Å²) in [6.45, 7) is 6.03. The molecule has 110 valence electrons. The van der Waals surface area contributed by atoms with Crippen molar-refractivity contribution in [2.24, 2.45) is 11.8 Å². The van der Waals surface area contributed by atoms with Crippen LogP contribution in [0.15, 0.2) is 0 Å². The van der Waals surface area contributed by atoms with Crippen molar-refractivity contribution in [3.8, 4) is 0 Å². The molecule has 4 nitrogen and oxygen atoms in total. The number of carbonyl (C=O) groups excluding carboxylic acids is 1. The predicted molar refractivity (Wildman–Crippen MR) is 73.9 cm³/mol. The summed E-state index contributed by atoms with van der Waals surface area (Å²) in [6, 6.07) is 0. The minimum Gasteiger partial charge on any atom is -0.468 e. The Morgan fingerprint density at radius 1 is 1.42 bits per heavy atom. The number of ether oxygens (including phenoxy) is 2. The lowest BCUT2D eigenvalue weighted by molar-refractivity contribution is -0.153. The Hall–Kier alpha value is -0.610. The molecular formula is C15H27NO3. The van der Waals surface area contributed by atoms with Crippen LogP contribution in [-0.4, -0.2) is 37.9 Å². The molecular weight excluding hydrogens is 242 g/mol. The van der Waals surface area contributed by atoms with E-state index >= 15 is 0 Å². The summed E-state index contributed by atoms with van der Waals surface area (Å²) in [5, 5.41) is 3.50. The number of hydrogen-bond donors (Lipinski definition) is 1. The number of esters is 1. The van der Waals surface area contributed by atoms with Crippen molar-refractivity contribution in [1.29, 1.82) is 0 Å². The number of rotatable bonds is 4. The lowest BCUT2D eigenvalue weighted by Gasteiger charge is -2.43. The molecule has 0 spiro atoms. The van der Waals surface area contributed by atoms with Crippen LogP contribution in [-0.2, 0) is 14.3 Å². The molecule has 4 atom stereocenters. The Morgan fingerprint density at radius 3 is 2.79 bits per heavy atom. The number of nitrogens with one attached hydrogen (secondary N) is 1. The van der Waals surface area contributed by atoms with Gasteiger partial charge in [0.05, 0.1) is 13.2 Å². The van der Waals surface area contributed by atoms with Crippen LogP contribution < -0.4 is 5.32 Å². The lowest BCUT2D eigenvalue weighted by atomic mass is 9.70. The Balaban J connectivity index is 2.03. The van der Waals surface area contributed by atoms with Gasteiger partial charge in [0.1, 0.15) is 5.54 Å². The molecule has 1 heterocycles. The second-order valence-corrected chi connectivity index (χ2v) is 6.26. The highest BCUT2D eigenvalue weighted by Crippen LogP contribution is 2.37. The maximum Gasteiger partial charge on any atom is 0.326 e. The van der Waals surface area contributed by atoms with Crippen LogP contribution in [0.1, 0.15) is 46.0 Å². The molecule has 2 aliphatic rings. The summed E-state index contributed by atoms with van der Waals surface area (Å²) >= 11 is 0. The van der Waals surface area contributed by atoms with E-state index in [2.05, 4.69) is 19.2 Å². The third-order valence-electron chi connectivity index (χ3n) is 4.85. The fraction of sp³-hybridized carbons (Fsp3) is 0.933.